The van der Waals surface area contributed by atoms with Gasteiger partial charge in [0, 0.05) is 49.8 Å². The van der Waals surface area contributed by atoms with Gasteiger partial charge in [-0.25, -0.2) is 5.48 Å². The average Bonchev–Trinajstić information content (AvgIpc) is 3.36. The van der Waals surface area contributed by atoms with E-state index >= 15 is 0 Å². The number of likely N-dealkylation sites (tertiary alicyclic amines) is 1. The number of hydrogen-bond donors (Lipinski definition) is 4. The Hall–Kier alpha value is -5.04. The van der Waals surface area contributed by atoms with E-state index in [0.717, 1.165) is 22.5 Å². The van der Waals surface area contributed by atoms with Crippen molar-refractivity contribution in [2.45, 2.75) is 70.6 Å². The van der Waals surface area contributed by atoms with E-state index in [1.165, 1.54) is 4.90 Å². The molecule has 0 bridgehead atoms. The van der Waals surface area contributed by atoms with Gasteiger partial charge in [-0.15, -0.1) is 0 Å². The molecule has 1 aliphatic heterocycles. The molecule has 3 aromatic rings. The van der Waals surface area contributed by atoms with E-state index in [1.807, 2.05) is 26.0 Å². The van der Waals surface area contributed by atoms with Gasteiger partial charge < -0.3 is 30.2 Å². The number of pyridine rings is 2. The molecule has 0 radical (unpaired) electrons. The zero-order valence-corrected chi connectivity index (χ0v) is 26.0. The van der Waals surface area contributed by atoms with E-state index in [1.54, 1.807) is 54.3 Å². The third-order valence-electron chi connectivity index (χ3n) is 8.07. The molecule has 244 valence electrons. The number of nitrogens with one attached hydrogen (secondary N) is 3. The molecular formula is C33H39N6O7-. The Morgan fingerprint density at radius 2 is 1.72 bits per heavy atom. The number of nitrogens with zero attached hydrogens (tertiary/aromatic N) is 3. The van der Waals surface area contributed by atoms with Crippen LogP contribution < -0.4 is 26.0 Å². The maximum absolute atomic E-state index is 14.3. The second-order valence-electron chi connectivity index (χ2n) is 11.4. The summed E-state index contributed by atoms with van der Waals surface area (Å²) >= 11 is 0. The minimum Gasteiger partial charge on any atom is -0.530 e. The van der Waals surface area contributed by atoms with E-state index in [0.29, 0.717) is 30.8 Å². The van der Waals surface area contributed by atoms with Crippen LogP contribution in [0.4, 0.5) is 4.79 Å². The van der Waals surface area contributed by atoms with Gasteiger partial charge in [-0.05, 0) is 92.6 Å². The Morgan fingerprint density at radius 3 is 2.37 bits per heavy atom. The standard InChI is InChI=1S/C33H40N6O7/c1-22-17-25(18-23(2)37-22)21-46-27-8-6-26(7-9-27)33(19-29(40)36-20-24-10-14-34-15-11-24)12-16-39(31(33)42)28(30(41)38-45)5-3-4-13-35-32(43)44/h6-11,14-15,17-18,28,35,45H,3-5,12-13,16,19-21H2,1-2H3,(H,36,40)(H,38,41)(H,43,44)/p-1. The fourth-order valence-electron chi connectivity index (χ4n) is 5.86. The fraction of sp³-hybridized carbons (Fsp3) is 0.394. The van der Waals surface area contributed by atoms with Crippen molar-refractivity contribution < 1.29 is 34.2 Å². The second kappa shape index (κ2) is 15.8. The van der Waals surface area contributed by atoms with Crippen molar-refractivity contribution in [3.05, 3.63) is 89.0 Å². The lowest BCUT2D eigenvalue weighted by molar-refractivity contribution is -0.250. The lowest BCUT2D eigenvalue weighted by Gasteiger charge is -2.31. The summed E-state index contributed by atoms with van der Waals surface area (Å²) in [5, 5.41) is 25.2. The molecule has 2 unspecified atom stereocenters. The zero-order valence-electron chi connectivity index (χ0n) is 26.0. The minimum absolute atomic E-state index is 0.125. The van der Waals surface area contributed by atoms with Crippen LogP contribution in [0.15, 0.2) is 60.9 Å². The molecule has 1 saturated heterocycles. The monoisotopic (exact) mass is 631 g/mol. The van der Waals surface area contributed by atoms with Gasteiger partial charge in [0.1, 0.15) is 24.5 Å². The first-order valence-electron chi connectivity index (χ1n) is 15.1. The molecule has 2 atom stereocenters. The first kappa shape index (κ1) is 33.8. The molecule has 1 aromatic carbocycles. The van der Waals surface area contributed by atoms with Crippen molar-refractivity contribution in [2.24, 2.45) is 0 Å². The van der Waals surface area contributed by atoms with Crippen molar-refractivity contribution in [3.63, 3.8) is 0 Å². The third kappa shape index (κ3) is 8.78. The van der Waals surface area contributed by atoms with Crippen LogP contribution in [0.5, 0.6) is 5.75 Å². The van der Waals surface area contributed by atoms with Gasteiger partial charge in [0.25, 0.3) is 5.91 Å². The number of carbonyl (C=O) groups excluding carboxylic acids is 4. The molecule has 4 N–H and O–H groups in total. The van der Waals surface area contributed by atoms with Crippen molar-refractivity contribution in [2.75, 3.05) is 13.1 Å². The van der Waals surface area contributed by atoms with E-state index in [9.17, 15) is 29.5 Å². The zero-order chi connectivity index (χ0) is 33.1. The average molecular weight is 632 g/mol. The largest absolute Gasteiger partial charge is 0.530 e. The molecule has 13 heteroatoms. The Balaban J connectivity index is 1.54. The molecule has 13 nitrogen and oxygen atoms in total. The SMILES string of the molecule is Cc1cc(COc2ccc(C3(CC(=O)NCc4ccncc4)CCN(C(CCCCNC(=O)[O-])C(=O)NO)C3=O)cc2)cc(C)n1. The van der Waals surface area contributed by atoms with Crippen LogP contribution in [0.1, 0.15) is 60.2 Å². The van der Waals surface area contributed by atoms with Crippen LogP contribution in [0.25, 0.3) is 0 Å². The van der Waals surface area contributed by atoms with Gasteiger partial charge in [-0.3, -0.25) is 29.6 Å². The number of benzene rings is 1. The number of hydroxylamine groups is 1. The smallest absolute Gasteiger partial charge is 0.266 e. The summed E-state index contributed by atoms with van der Waals surface area (Å²) in [4.78, 5) is 60.8. The van der Waals surface area contributed by atoms with Gasteiger partial charge in [-0.2, -0.15) is 0 Å². The molecule has 46 heavy (non-hydrogen) atoms. The molecule has 2 aromatic heterocycles. The molecule has 0 aliphatic carbocycles. The number of carboxylic acid groups (broad SMARTS) is 1. The number of amides is 4. The topological polar surface area (TPSA) is 186 Å². The highest BCUT2D eigenvalue weighted by Crippen LogP contribution is 2.41. The maximum Gasteiger partial charge on any atom is 0.266 e. The second-order valence-corrected chi connectivity index (χ2v) is 11.4. The fourth-order valence-corrected chi connectivity index (χ4v) is 5.86. The third-order valence-corrected chi connectivity index (χ3v) is 8.07. The number of rotatable bonds is 15. The lowest BCUT2D eigenvalue weighted by atomic mass is 9.75. The molecule has 0 spiro atoms. The lowest BCUT2D eigenvalue weighted by Crippen LogP contribution is -2.50. The predicted molar refractivity (Wildman–Crippen MR) is 164 cm³/mol. The normalized spacial score (nSPS) is 16.5. The molecule has 0 saturated carbocycles. The van der Waals surface area contributed by atoms with Crippen LogP contribution in [0.3, 0.4) is 0 Å². The summed E-state index contributed by atoms with van der Waals surface area (Å²) in [7, 11) is 0. The number of aromatic nitrogens is 2. The van der Waals surface area contributed by atoms with Gasteiger partial charge in [-0.1, -0.05) is 12.1 Å². The molecule has 1 aliphatic rings. The molecule has 4 rings (SSSR count). The van der Waals surface area contributed by atoms with Gasteiger partial charge in [0.2, 0.25) is 11.8 Å². The Labute approximate surface area is 267 Å². The van der Waals surface area contributed by atoms with E-state index in [4.69, 9.17) is 4.74 Å². The van der Waals surface area contributed by atoms with Crippen molar-refractivity contribution >= 4 is 23.8 Å². The number of unbranched alkanes of at least 4 members (excludes halogenated alkanes) is 1. The minimum atomic E-state index is -1.40. The quantitative estimate of drug-likeness (QED) is 0.110. The van der Waals surface area contributed by atoms with Crippen LogP contribution >= 0.6 is 0 Å². The Bertz CT molecular complexity index is 1500. The number of ether oxygens (including phenoxy) is 1. The first-order chi connectivity index (χ1) is 22.1. The first-order valence-corrected chi connectivity index (χ1v) is 15.1. The van der Waals surface area contributed by atoms with Crippen molar-refractivity contribution in [1.82, 2.24) is 31.0 Å². The van der Waals surface area contributed by atoms with Crippen LogP contribution in [-0.2, 0) is 33.0 Å². The summed E-state index contributed by atoms with van der Waals surface area (Å²) < 4.78 is 6.00. The number of hydrogen-bond acceptors (Lipinski definition) is 9. The Morgan fingerprint density at radius 1 is 1.02 bits per heavy atom. The van der Waals surface area contributed by atoms with Crippen molar-refractivity contribution in [3.8, 4) is 5.75 Å². The van der Waals surface area contributed by atoms with Crippen LogP contribution in [-0.4, -0.2) is 63.0 Å². The molecular weight excluding hydrogens is 592 g/mol. The summed E-state index contributed by atoms with van der Waals surface area (Å²) in [6.07, 6.45) is 2.92. The number of carbonyl (C=O) groups is 4. The van der Waals surface area contributed by atoms with Crippen molar-refractivity contribution in [1.29, 1.82) is 0 Å². The molecule has 3 heterocycles. The molecule has 4 amide bonds. The van der Waals surface area contributed by atoms with Crippen LogP contribution in [0, 0.1) is 13.8 Å². The maximum atomic E-state index is 14.3. The summed E-state index contributed by atoms with van der Waals surface area (Å²) in [6, 6.07) is 13.5. The van der Waals surface area contributed by atoms with E-state index < -0.39 is 29.4 Å². The molecule has 1 fully saturated rings. The summed E-state index contributed by atoms with van der Waals surface area (Å²) in [5.74, 6) is -0.931. The van der Waals surface area contributed by atoms with E-state index in [2.05, 4.69) is 20.6 Å². The summed E-state index contributed by atoms with van der Waals surface area (Å²) in [6.45, 7) is 4.72. The van der Waals surface area contributed by atoms with Crippen LogP contribution in [0.2, 0.25) is 0 Å². The van der Waals surface area contributed by atoms with E-state index in [-0.39, 0.29) is 44.8 Å². The predicted octanol–water partition coefficient (Wildman–Crippen LogP) is 1.83. The highest BCUT2D eigenvalue weighted by molar-refractivity contribution is 5.98. The summed E-state index contributed by atoms with van der Waals surface area (Å²) in [5.41, 5.74) is 4.59. The van der Waals surface area contributed by atoms with Gasteiger partial charge >= 0.3 is 0 Å². The highest BCUT2D eigenvalue weighted by Gasteiger charge is 2.51. The van der Waals surface area contributed by atoms with Gasteiger partial charge in [0.15, 0.2) is 0 Å². The highest BCUT2D eigenvalue weighted by atomic mass is 16.5. The van der Waals surface area contributed by atoms with Gasteiger partial charge in [0.05, 0.1) is 5.41 Å². The Kier molecular flexibility index (Phi) is 11.6. The number of aryl methyl sites for hydroxylation is 2.